The molecule has 1 N–H and O–H groups in total. The van der Waals surface area contributed by atoms with Gasteiger partial charge in [-0.15, -0.1) is 0 Å². The minimum absolute atomic E-state index is 0.101. The Hall–Kier alpha value is -0.0600. The van der Waals surface area contributed by atoms with Gasteiger partial charge in [0, 0.05) is 22.6 Å². The van der Waals surface area contributed by atoms with E-state index in [2.05, 4.69) is 28.2 Å². The number of rotatable bonds is 6. The summed E-state index contributed by atoms with van der Waals surface area (Å²) in [6.45, 7) is 2.94. The molecule has 0 radical (unpaired) electrons. The highest BCUT2D eigenvalue weighted by Gasteiger charge is 2.20. The van der Waals surface area contributed by atoms with Crippen LogP contribution in [-0.4, -0.2) is 17.5 Å². The van der Waals surface area contributed by atoms with E-state index >= 15 is 0 Å². The Labute approximate surface area is 134 Å². The molecule has 1 aliphatic rings. The van der Waals surface area contributed by atoms with Crippen LogP contribution in [0.2, 0.25) is 0 Å². The summed E-state index contributed by atoms with van der Waals surface area (Å²) in [6.07, 6.45) is 6.74. The summed E-state index contributed by atoms with van der Waals surface area (Å²) in [7, 11) is 0. The summed E-state index contributed by atoms with van der Waals surface area (Å²) in [5.74, 6) is 0.828. The third-order valence-electron chi connectivity index (χ3n) is 3.86. The van der Waals surface area contributed by atoms with Crippen molar-refractivity contribution in [1.82, 2.24) is 5.32 Å². The number of thioether (sulfide) groups is 1. The molecule has 112 valence electrons. The van der Waals surface area contributed by atoms with E-state index in [0.29, 0.717) is 4.47 Å². The number of halogens is 2. The first-order valence-corrected chi connectivity index (χ1v) is 9.35. The SMILES string of the molecule is CCNC(CSC1CCCCC1)c1cccc(Br)c1F. The van der Waals surface area contributed by atoms with Gasteiger partial charge in [0.25, 0.3) is 0 Å². The molecule has 0 aliphatic heterocycles. The zero-order valence-electron chi connectivity index (χ0n) is 12.0. The Morgan fingerprint density at radius 1 is 1.35 bits per heavy atom. The Morgan fingerprint density at radius 2 is 2.10 bits per heavy atom. The third-order valence-corrected chi connectivity index (χ3v) is 5.94. The normalized spacial score (nSPS) is 18.1. The average molecular weight is 360 g/mol. The summed E-state index contributed by atoms with van der Waals surface area (Å²) in [5.41, 5.74) is 0.782. The molecule has 1 nitrogen and oxygen atoms in total. The van der Waals surface area contributed by atoms with Gasteiger partial charge in [-0.05, 0) is 41.4 Å². The maximum atomic E-state index is 14.2. The van der Waals surface area contributed by atoms with Gasteiger partial charge in [-0.2, -0.15) is 11.8 Å². The lowest BCUT2D eigenvalue weighted by Crippen LogP contribution is -2.25. The summed E-state index contributed by atoms with van der Waals surface area (Å²) in [5, 5.41) is 4.19. The molecule has 0 aromatic heterocycles. The van der Waals surface area contributed by atoms with Crippen molar-refractivity contribution in [2.45, 2.75) is 50.3 Å². The predicted octanol–water partition coefficient (Wildman–Crippen LogP) is 5.30. The van der Waals surface area contributed by atoms with Crippen LogP contribution in [0.5, 0.6) is 0 Å². The molecule has 1 aromatic rings. The smallest absolute Gasteiger partial charge is 0.142 e. The molecule has 2 rings (SSSR count). The molecule has 1 fully saturated rings. The van der Waals surface area contributed by atoms with Gasteiger partial charge in [0.2, 0.25) is 0 Å². The Balaban J connectivity index is 2.00. The maximum Gasteiger partial charge on any atom is 0.142 e. The van der Waals surface area contributed by atoms with E-state index in [1.54, 1.807) is 6.07 Å². The molecule has 0 spiro atoms. The molecule has 0 amide bonds. The van der Waals surface area contributed by atoms with Crippen LogP contribution in [0.15, 0.2) is 22.7 Å². The molecule has 1 saturated carbocycles. The summed E-state index contributed by atoms with van der Waals surface area (Å²) in [4.78, 5) is 0. The minimum Gasteiger partial charge on any atom is -0.309 e. The van der Waals surface area contributed by atoms with Crippen LogP contribution >= 0.6 is 27.7 Å². The fourth-order valence-electron chi connectivity index (χ4n) is 2.76. The highest BCUT2D eigenvalue weighted by molar-refractivity contribution is 9.10. The molecule has 0 heterocycles. The van der Waals surface area contributed by atoms with Gasteiger partial charge < -0.3 is 5.32 Å². The predicted molar refractivity (Wildman–Crippen MR) is 89.8 cm³/mol. The van der Waals surface area contributed by atoms with Crippen molar-refractivity contribution in [3.8, 4) is 0 Å². The molecule has 1 aromatic carbocycles. The lowest BCUT2D eigenvalue weighted by atomic mass is 10.0. The van der Waals surface area contributed by atoms with Crippen molar-refractivity contribution in [1.29, 1.82) is 0 Å². The lowest BCUT2D eigenvalue weighted by Gasteiger charge is -2.25. The van der Waals surface area contributed by atoms with E-state index in [1.807, 2.05) is 23.9 Å². The number of hydrogen-bond acceptors (Lipinski definition) is 2. The van der Waals surface area contributed by atoms with Crippen LogP contribution < -0.4 is 5.32 Å². The van der Waals surface area contributed by atoms with E-state index in [0.717, 1.165) is 23.1 Å². The van der Waals surface area contributed by atoms with Crippen LogP contribution in [0, 0.1) is 5.82 Å². The van der Waals surface area contributed by atoms with Gasteiger partial charge in [-0.3, -0.25) is 0 Å². The summed E-state index contributed by atoms with van der Waals surface area (Å²) < 4.78 is 14.8. The van der Waals surface area contributed by atoms with Crippen LogP contribution in [0.3, 0.4) is 0 Å². The molecule has 20 heavy (non-hydrogen) atoms. The number of benzene rings is 1. The second-order valence-corrected chi connectivity index (χ2v) is 7.53. The average Bonchev–Trinajstić information content (AvgIpc) is 2.48. The van der Waals surface area contributed by atoms with Gasteiger partial charge in [-0.25, -0.2) is 4.39 Å². The number of hydrogen-bond donors (Lipinski definition) is 1. The largest absolute Gasteiger partial charge is 0.309 e. The monoisotopic (exact) mass is 359 g/mol. The lowest BCUT2D eigenvalue weighted by molar-refractivity contribution is 0.511. The molecule has 1 unspecified atom stereocenters. The Bertz CT molecular complexity index is 421. The summed E-state index contributed by atoms with van der Waals surface area (Å²) in [6, 6.07) is 5.67. The van der Waals surface area contributed by atoms with E-state index in [1.165, 1.54) is 32.1 Å². The maximum absolute atomic E-state index is 14.2. The highest BCUT2D eigenvalue weighted by atomic mass is 79.9. The molecule has 0 saturated heterocycles. The van der Waals surface area contributed by atoms with Crippen molar-refractivity contribution >= 4 is 27.7 Å². The summed E-state index contributed by atoms with van der Waals surface area (Å²) >= 11 is 5.29. The van der Waals surface area contributed by atoms with Gasteiger partial charge in [0.05, 0.1) is 4.47 Å². The molecule has 0 bridgehead atoms. The van der Waals surface area contributed by atoms with E-state index < -0.39 is 0 Å². The molecular formula is C16H23BrFNS. The molecular weight excluding hydrogens is 337 g/mol. The van der Waals surface area contributed by atoms with Crippen LogP contribution in [-0.2, 0) is 0 Å². The van der Waals surface area contributed by atoms with E-state index in [-0.39, 0.29) is 11.9 Å². The second kappa shape index (κ2) is 8.40. The molecule has 1 atom stereocenters. The van der Waals surface area contributed by atoms with Gasteiger partial charge in [0.1, 0.15) is 5.82 Å². The van der Waals surface area contributed by atoms with Crippen molar-refractivity contribution in [3.05, 3.63) is 34.1 Å². The quantitative estimate of drug-likeness (QED) is 0.738. The molecule has 4 heteroatoms. The fourth-order valence-corrected chi connectivity index (χ4v) is 4.57. The Morgan fingerprint density at radius 3 is 2.80 bits per heavy atom. The van der Waals surface area contributed by atoms with Crippen molar-refractivity contribution in [2.75, 3.05) is 12.3 Å². The fraction of sp³-hybridized carbons (Fsp3) is 0.625. The first-order valence-electron chi connectivity index (χ1n) is 7.51. The Kier molecular flexibility index (Phi) is 6.85. The van der Waals surface area contributed by atoms with Crippen LogP contribution in [0.1, 0.15) is 50.6 Å². The third kappa shape index (κ3) is 4.47. The standard InChI is InChI=1S/C16H23BrFNS/c1-2-19-15(11-20-12-7-4-3-5-8-12)13-9-6-10-14(17)16(13)18/h6,9-10,12,15,19H,2-5,7-8,11H2,1H3. The zero-order valence-corrected chi connectivity index (χ0v) is 14.4. The first-order chi connectivity index (χ1) is 9.72. The zero-order chi connectivity index (χ0) is 14.4. The van der Waals surface area contributed by atoms with Crippen molar-refractivity contribution in [3.63, 3.8) is 0 Å². The second-order valence-electron chi connectivity index (χ2n) is 5.35. The van der Waals surface area contributed by atoms with Crippen molar-refractivity contribution in [2.24, 2.45) is 0 Å². The van der Waals surface area contributed by atoms with E-state index in [4.69, 9.17) is 0 Å². The highest BCUT2D eigenvalue weighted by Crippen LogP contribution is 2.32. The molecule has 1 aliphatic carbocycles. The minimum atomic E-state index is -0.123. The van der Waals surface area contributed by atoms with Gasteiger partial charge in [-0.1, -0.05) is 38.3 Å². The van der Waals surface area contributed by atoms with Gasteiger partial charge in [0.15, 0.2) is 0 Å². The van der Waals surface area contributed by atoms with Crippen molar-refractivity contribution < 1.29 is 4.39 Å². The number of nitrogens with one attached hydrogen (secondary N) is 1. The van der Waals surface area contributed by atoms with E-state index in [9.17, 15) is 4.39 Å². The van der Waals surface area contributed by atoms with Gasteiger partial charge >= 0.3 is 0 Å². The topological polar surface area (TPSA) is 12.0 Å². The van der Waals surface area contributed by atoms with Crippen LogP contribution in [0.4, 0.5) is 4.39 Å². The first kappa shape index (κ1) is 16.3. The van der Waals surface area contributed by atoms with Crippen LogP contribution in [0.25, 0.3) is 0 Å².